The molecule has 3 aromatic rings. The number of nitrogens with zero attached hydrogens (tertiary/aromatic N) is 2. The van der Waals surface area contributed by atoms with Gasteiger partial charge >= 0.3 is 0 Å². The lowest BCUT2D eigenvalue weighted by atomic mass is 9.89. The summed E-state index contributed by atoms with van der Waals surface area (Å²) >= 11 is 1.47. The summed E-state index contributed by atoms with van der Waals surface area (Å²) in [5.74, 6) is -1.36. The average Bonchev–Trinajstić information content (AvgIpc) is 3.42. The summed E-state index contributed by atoms with van der Waals surface area (Å²) in [7, 11) is 0. The van der Waals surface area contributed by atoms with Crippen LogP contribution in [0.4, 0.5) is 0 Å². The Hall–Kier alpha value is -3.25. The molecule has 0 saturated carbocycles. The van der Waals surface area contributed by atoms with E-state index in [2.05, 4.69) is 4.98 Å². The molecule has 2 aromatic heterocycles. The second-order valence-corrected chi connectivity index (χ2v) is 8.93. The molecule has 3 heterocycles. The van der Waals surface area contributed by atoms with Crippen LogP contribution in [0.15, 0.2) is 65.7 Å². The molecular weight excluding hydrogens is 408 g/mol. The molecule has 0 radical (unpaired) electrons. The lowest BCUT2D eigenvalue weighted by Crippen LogP contribution is -2.29. The van der Waals surface area contributed by atoms with E-state index >= 15 is 0 Å². The minimum absolute atomic E-state index is 0.103. The first kappa shape index (κ1) is 19.7. The number of benzene rings is 1. The molecule has 31 heavy (non-hydrogen) atoms. The third-order valence-electron chi connectivity index (χ3n) is 6.03. The SMILES string of the molecule is O=C1C(=O)N(Cc2ccccn2)C(c2cccs2)/C1=C(/O)c1ccc2c(c1)CCCC2. The minimum atomic E-state index is -0.649. The van der Waals surface area contributed by atoms with Gasteiger partial charge in [0.25, 0.3) is 11.7 Å². The lowest BCUT2D eigenvalue weighted by molar-refractivity contribution is -0.140. The van der Waals surface area contributed by atoms with E-state index in [9.17, 15) is 14.7 Å². The highest BCUT2D eigenvalue weighted by Crippen LogP contribution is 2.42. The van der Waals surface area contributed by atoms with Gasteiger partial charge in [0.2, 0.25) is 0 Å². The van der Waals surface area contributed by atoms with Crippen molar-refractivity contribution >= 4 is 28.8 Å². The first-order valence-electron chi connectivity index (χ1n) is 10.5. The molecule has 1 aromatic carbocycles. The fourth-order valence-corrected chi connectivity index (χ4v) is 5.33. The normalized spacial score (nSPS) is 20.1. The maximum Gasteiger partial charge on any atom is 0.296 e. The van der Waals surface area contributed by atoms with Crippen LogP contribution >= 0.6 is 11.3 Å². The molecule has 1 N–H and O–H groups in total. The number of rotatable bonds is 4. The molecule has 1 aliphatic heterocycles. The number of amides is 1. The number of hydrogen-bond acceptors (Lipinski definition) is 5. The fourth-order valence-electron chi connectivity index (χ4n) is 4.49. The van der Waals surface area contributed by atoms with Gasteiger partial charge < -0.3 is 10.0 Å². The quantitative estimate of drug-likeness (QED) is 0.372. The standard InChI is InChI=1S/C25H22N2O3S/c28-23(18-11-10-16-6-1-2-7-17(16)14-18)21-22(20-9-5-13-31-20)27(25(30)24(21)29)15-19-8-3-4-12-26-19/h3-5,8-14,22,28H,1-2,6-7,15H2/b23-21-. The molecule has 2 aliphatic rings. The number of hydrogen-bond donors (Lipinski definition) is 1. The van der Waals surface area contributed by atoms with Crippen molar-refractivity contribution in [2.24, 2.45) is 0 Å². The van der Waals surface area contributed by atoms with E-state index in [1.54, 1.807) is 6.20 Å². The molecule has 1 unspecified atom stereocenters. The highest BCUT2D eigenvalue weighted by molar-refractivity contribution is 7.10. The van der Waals surface area contributed by atoms with Crippen LogP contribution in [0.3, 0.4) is 0 Å². The van der Waals surface area contributed by atoms with E-state index in [0.29, 0.717) is 11.3 Å². The molecule has 0 spiro atoms. The second-order valence-electron chi connectivity index (χ2n) is 7.95. The molecule has 5 nitrogen and oxygen atoms in total. The van der Waals surface area contributed by atoms with E-state index in [1.807, 2.05) is 53.9 Å². The molecule has 6 heteroatoms. The Labute approximate surface area is 184 Å². The number of aliphatic hydroxyl groups is 1. The molecule has 1 atom stereocenters. The van der Waals surface area contributed by atoms with E-state index in [0.717, 1.165) is 24.1 Å². The van der Waals surface area contributed by atoms with Crippen molar-refractivity contribution in [1.82, 2.24) is 9.88 Å². The Morgan fingerprint density at radius 2 is 1.90 bits per heavy atom. The van der Waals surface area contributed by atoms with Gasteiger partial charge in [-0.2, -0.15) is 0 Å². The van der Waals surface area contributed by atoms with Crippen molar-refractivity contribution in [1.29, 1.82) is 0 Å². The van der Waals surface area contributed by atoms with Crippen molar-refractivity contribution in [3.8, 4) is 0 Å². The predicted octanol–water partition coefficient (Wildman–Crippen LogP) is 4.64. The van der Waals surface area contributed by atoms with E-state index in [1.165, 1.54) is 33.8 Å². The summed E-state index contributed by atoms with van der Waals surface area (Å²) in [6.07, 6.45) is 5.98. The number of carbonyl (C=O) groups excluding carboxylic acids is 2. The molecular formula is C25H22N2O3S. The van der Waals surface area contributed by atoms with Crippen molar-refractivity contribution in [2.75, 3.05) is 0 Å². The Kier molecular flexibility index (Phi) is 5.16. The number of Topliss-reactive ketones (excluding diaryl/α,β-unsaturated/α-hetero) is 1. The number of ketones is 1. The van der Waals surface area contributed by atoms with Crippen LogP contribution < -0.4 is 0 Å². The van der Waals surface area contributed by atoms with Gasteiger partial charge in [-0.05, 0) is 66.5 Å². The molecule has 1 aliphatic carbocycles. The van der Waals surface area contributed by atoms with Crippen molar-refractivity contribution in [3.05, 3.63) is 92.9 Å². The van der Waals surface area contributed by atoms with Gasteiger partial charge in [-0.3, -0.25) is 14.6 Å². The summed E-state index contributed by atoms with van der Waals surface area (Å²) in [6, 6.07) is 14.5. The number of likely N-dealkylation sites (tertiary alicyclic amines) is 1. The maximum absolute atomic E-state index is 13.1. The predicted molar refractivity (Wildman–Crippen MR) is 119 cm³/mol. The smallest absolute Gasteiger partial charge is 0.296 e. The summed E-state index contributed by atoms with van der Waals surface area (Å²) in [4.78, 5) is 32.8. The number of thiophene rings is 1. The lowest BCUT2D eigenvalue weighted by Gasteiger charge is -2.24. The highest BCUT2D eigenvalue weighted by Gasteiger charge is 2.46. The zero-order valence-corrected chi connectivity index (χ0v) is 17.8. The molecule has 156 valence electrons. The van der Waals surface area contributed by atoms with Crippen molar-refractivity contribution < 1.29 is 14.7 Å². The molecule has 1 amide bonds. The van der Waals surface area contributed by atoms with Gasteiger partial charge in [-0.15, -0.1) is 11.3 Å². The maximum atomic E-state index is 13.1. The number of carbonyl (C=O) groups is 2. The number of aliphatic hydroxyl groups excluding tert-OH is 1. The van der Waals surface area contributed by atoms with Crippen molar-refractivity contribution in [2.45, 2.75) is 38.3 Å². The van der Waals surface area contributed by atoms with Crippen LogP contribution in [0.5, 0.6) is 0 Å². The first-order valence-corrected chi connectivity index (χ1v) is 11.4. The van der Waals surface area contributed by atoms with Crippen LogP contribution in [0, 0.1) is 0 Å². The van der Waals surface area contributed by atoms with Gasteiger partial charge in [-0.25, -0.2) is 0 Å². The fraction of sp³-hybridized carbons (Fsp3) is 0.240. The second kappa shape index (κ2) is 8.12. The minimum Gasteiger partial charge on any atom is -0.507 e. The Balaban J connectivity index is 1.60. The van der Waals surface area contributed by atoms with E-state index < -0.39 is 17.7 Å². The van der Waals surface area contributed by atoms with E-state index in [-0.39, 0.29) is 17.9 Å². The number of fused-ring (bicyclic) bond motifs is 1. The van der Waals surface area contributed by atoms with Gasteiger partial charge in [0, 0.05) is 16.6 Å². The van der Waals surface area contributed by atoms with Crippen molar-refractivity contribution in [3.63, 3.8) is 0 Å². The molecule has 0 bridgehead atoms. The summed E-state index contributed by atoms with van der Waals surface area (Å²) in [6.45, 7) is 0.203. The monoisotopic (exact) mass is 430 g/mol. The largest absolute Gasteiger partial charge is 0.507 e. The first-order chi connectivity index (χ1) is 15.1. The van der Waals surface area contributed by atoms with Crippen LogP contribution in [0.2, 0.25) is 0 Å². The summed E-state index contributed by atoms with van der Waals surface area (Å²) in [5.41, 5.74) is 3.95. The molecule has 1 saturated heterocycles. The van der Waals surface area contributed by atoms with Gasteiger partial charge in [-0.1, -0.05) is 24.3 Å². The topological polar surface area (TPSA) is 70.5 Å². The Morgan fingerprint density at radius 3 is 2.65 bits per heavy atom. The van der Waals surface area contributed by atoms with Crippen LogP contribution in [0.25, 0.3) is 5.76 Å². The third-order valence-corrected chi connectivity index (χ3v) is 6.96. The highest BCUT2D eigenvalue weighted by atomic mass is 32.1. The van der Waals surface area contributed by atoms with Gasteiger partial charge in [0.05, 0.1) is 17.8 Å². The molecule has 1 fully saturated rings. The third kappa shape index (κ3) is 3.57. The van der Waals surface area contributed by atoms with E-state index in [4.69, 9.17) is 0 Å². The molecule has 5 rings (SSSR count). The van der Waals surface area contributed by atoms with Crippen LogP contribution in [-0.4, -0.2) is 26.7 Å². The Bertz CT molecular complexity index is 1170. The Morgan fingerprint density at radius 1 is 1.06 bits per heavy atom. The number of aryl methyl sites for hydroxylation is 2. The zero-order chi connectivity index (χ0) is 21.4. The van der Waals surface area contributed by atoms with Gasteiger partial charge in [0.15, 0.2) is 0 Å². The van der Waals surface area contributed by atoms with Crippen LogP contribution in [0.1, 0.15) is 46.1 Å². The number of aromatic nitrogens is 1. The zero-order valence-electron chi connectivity index (χ0n) is 17.0. The average molecular weight is 431 g/mol. The van der Waals surface area contributed by atoms with Gasteiger partial charge in [0.1, 0.15) is 11.8 Å². The summed E-state index contributed by atoms with van der Waals surface area (Å²) < 4.78 is 0. The summed E-state index contributed by atoms with van der Waals surface area (Å²) in [5, 5.41) is 13.1. The number of pyridine rings is 1. The van der Waals surface area contributed by atoms with Crippen LogP contribution in [-0.2, 0) is 29.0 Å².